The van der Waals surface area contributed by atoms with Crippen molar-refractivity contribution in [2.24, 2.45) is 5.92 Å². The molecule has 0 unspecified atom stereocenters. The zero-order chi connectivity index (χ0) is 23.1. The third-order valence-corrected chi connectivity index (χ3v) is 6.62. The van der Waals surface area contributed by atoms with Crippen LogP contribution in [-0.4, -0.2) is 52.6 Å². The molecule has 172 valence electrons. The van der Waals surface area contributed by atoms with Crippen LogP contribution in [0.25, 0.3) is 10.2 Å². The summed E-state index contributed by atoms with van der Waals surface area (Å²) in [6.07, 6.45) is -1.70. The molecule has 1 aromatic heterocycles. The second-order valence-corrected chi connectivity index (χ2v) is 9.22. The van der Waals surface area contributed by atoms with Gasteiger partial charge in [-0.1, -0.05) is 18.3 Å². The number of carbonyl (C=O) groups is 3. The van der Waals surface area contributed by atoms with Crippen LogP contribution in [0.2, 0.25) is 0 Å². The lowest BCUT2D eigenvalue weighted by molar-refractivity contribution is -0.153. The summed E-state index contributed by atoms with van der Waals surface area (Å²) in [6.45, 7) is 0.244. The Morgan fingerprint density at radius 3 is 2.75 bits per heavy atom. The highest BCUT2D eigenvalue weighted by molar-refractivity contribution is 7.22. The minimum atomic E-state index is -4.45. The second-order valence-electron chi connectivity index (χ2n) is 8.19. The molecule has 2 aliphatic rings. The third-order valence-electron chi connectivity index (χ3n) is 5.68. The topological polar surface area (TPSA) is 101 Å². The molecule has 1 aliphatic carbocycles. The van der Waals surface area contributed by atoms with Crippen molar-refractivity contribution in [3.63, 3.8) is 0 Å². The lowest BCUT2D eigenvalue weighted by Crippen LogP contribution is -2.49. The smallest absolute Gasteiger partial charge is 0.422 e. The van der Waals surface area contributed by atoms with Crippen molar-refractivity contribution in [3.05, 3.63) is 18.2 Å². The number of hydrogen-bond acceptors (Lipinski definition) is 6. The minimum absolute atomic E-state index is 0.0304. The van der Waals surface area contributed by atoms with Gasteiger partial charge in [0.05, 0.1) is 10.2 Å². The van der Waals surface area contributed by atoms with Gasteiger partial charge in [-0.3, -0.25) is 14.5 Å². The predicted molar refractivity (Wildman–Crippen MR) is 110 cm³/mol. The number of imide groups is 1. The van der Waals surface area contributed by atoms with E-state index in [1.54, 1.807) is 0 Å². The number of anilines is 1. The molecule has 1 saturated carbocycles. The molecule has 2 fully saturated rings. The second kappa shape index (κ2) is 8.23. The number of nitrogens with zero attached hydrogens (tertiary/aromatic N) is 2. The summed E-state index contributed by atoms with van der Waals surface area (Å²) in [5, 5.41) is 5.51. The number of carbonyl (C=O) groups excluding carboxylic acids is 3. The van der Waals surface area contributed by atoms with Gasteiger partial charge in [-0.05, 0) is 49.8 Å². The Morgan fingerprint density at radius 1 is 1.34 bits per heavy atom. The quantitative estimate of drug-likeness (QED) is 0.650. The van der Waals surface area contributed by atoms with Crippen molar-refractivity contribution in [2.75, 3.05) is 18.5 Å². The zero-order valence-electron chi connectivity index (χ0n) is 17.1. The molecule has 0 bridgehead atoms. The minimum Gasteiger partial charge on any atom is -0.484 e. The fourth-order valence-electron chi connectivity index (χ4n) is 3.93. The Hall–Kier alpha value is -2.89. The molecule has 2 heterocycles. The normalized spacial score (nSPS) is 23.6. The Labute approximate surface area is 185 Å². The highest BCUT2D eigenvalue weighted by Crippen LogP contribution is 2.36. The maximum atomic E-state index is 12.9. The van der Waals surface area contributed by atoms with Crippen LogP contribution in [0.15, 0.2) is 18.2 Å². The third kappa shape index (κ3) is 4.64. The molecule has 8 nitrogen and oxygen atoms in total. The monoisotopic (exact) mass is 470 g/mol. The van der Waals surface area contributed by atoms with Crippen molar-refractivity contribution < 1.29 is 32.3 Å². The largest absolute Gasteiger partial charge is 0.484 e. The molecule has 32 heavy (non-hydrogen) atoms. The van der Waals surface area contributed by atoms with E-state index in [2.05, 4.69) is 22.5 Å². The summed E-state index contributed by atoms with van der Waals surface area (Å²) in [6, 6.07) is 3.66. The van der Waals surface area contributed by atoms with Gasteiger partial charge in [0.2, 0.25) is 5.91 Å². The number of aromatic nitrogens is 1. The fraction of sp³-hybridized carbons (Fsp3) is 0.500. The summed E-state index contributed by atoms with van der Waals surface area (Å²) in [5.41, 5.74) is -0.457. The first-order valence-corrected chi connectivity index (χ1v) is 10.9. The van der Waals surface area contributed by atoms with Crippen LogP contribution >= 0.6 is 11.3 Å². The van der Waals surface area contributed by atoms with E-state index in [4.69, 9.17) is 4.74 Å². The van der Waals surface area contributed by atoms with Crippen LogP contribution in [0.3, 0.4) is 0 Å². The summed E-state index contributed by atoms with van der Waals surface area (Å²) in [4.78, 5) is 42.8. The Morgan fingerprint density at radius 2 is 2.06 bits per heavy atom. The van der Waals surface area contributed by atoms with E-state index in [9.17, 15) is 27.6 Å². The van der Waals surface area contributed by atoms with Gasteiger partial charge in [-0.25, -0.2) is 9.78 Å². The number of rotatable bonds is 5. The van der Waals surface area contributed by atoms with Gasteiger partial charge in [-0.15, -0.1) is 0 Å². The van der Waals surface area contributed by atoms with Gasteiger partial charge in [0, 0.05) is 0 Å². The number of fused-ring (bicyclic) bond motifs is 1. The number of ether oxygens (including phenoxy) is 1. The Balaban J connectivity index is 1.39. The maximum absolute atomic E-state index is 12.9. The summed E-state index contributed by atoms with van der Waals surface area (Å²) >= 11 is 1.05. The van der Waals surface area contributed by atoms with Crippen LogP contribution in [0.4, 0.5) is 23.1 Å². The molecule has 12 heteroatoms. The lowest BCUT2D eigenvalue weighted by Gasteiger charge is -2.33. The Bertz CT molecular complexity index is 1060. The molecule has 2 aromatic rings. The summed E-state index contributed by atoms with van der Waals surface area (Å²) < 4.78 is 42.2. The Kier molecular flexibility index (Phi) is 5.74. The molecular formula is C20H21F3N4O4S. The molecule has 0 radical (unpaired) electrons. The predicted octanol–water partition coefficient (Wildman–Crippen LogP) is 3.68. The number of alkyl halides is 3. The van der Waals surface area contributed by atoms with Crippen molar-refractivity contribution in [2.45, 2.75) is 44.3 Å². The summed E-state index contributed by atoms with van der Waals surface area (Å²) in [5.74, 6) is -0.466. The van der Waals surface area contributed by atoms with E-state index < -0.39 is 36.8 Å². The maximum Gasteiger partial charge on any atom is 0.422 e. The average Bonchev–Trinajstić information content (AvgIpc) is 3.21. The number of urea groups is 1. The molecule has 4 rings (SSSR count). The first-order valence-electron chi connectivity index (χ1n) is 10.1. The number of hydrogen-bond donors (Lipinski definition) is 2. The summed E-state index contributed by atoms with van der Waals surface area (Å²) in [7, 11) is 0. The van der Waals surface area contributed by atoms with Gasteiger partial charge in [-0.2, -0.15) is 13.2 Å². The van der Waals surface area contributed by atoms with Crippen LogP contribution in [0.5, 0.6) is 5.75 Å². The van der Waals surface area contributed by atoms with Gasteiger partial charge in [0.25, 0.3) is 5.91 Å². The first kappa shape index (κ1) is 22.3. The van der Waals surface area contributed by atoms with Gasteiger partial charge in [0.15, 0.2) is 11.7 Å². The molecule has 0 atom stereocenters. The molecule has 1 aromatic carbocycles. The first-order chi connectivity index (χ1) is 15.0. The van der Waals surface area contributed by atoms with E-state index >= 15 is 0 Å². The van der Waals surface area contributed by atoms with Crippen LogP contribution < -0.4 is 15.4 Å². The van der Waals surface area contributed by atoms with Crippen LogP contribution in [-0.2, 0) is 9.59 Å². The highest BCUT2D eigenvalue weighted by atomic mass is 32.1. The van der Waals surface area contributed by atoms with Crippen molar-refractivity contribution >= 4 is 44.5 Å². The zero-order valence-corrected chi connectivity index (χ0v) is 17.9. The fourth-order valence-corrected chi connectivity index (χ4v) is 4.84. The van der Waals surface area contributed by atoms with E-state index in [-0.39, 0.29) is 16.8 Å². The van der Waals surface area contributed by atoms with Crippen molar-refractivity contribution in [3.8, 4) is 5.75 Å². The number of amides is 4. The number of benzene rings is 1. The molecule has 1 saturated heterocycles. The van der Waals surface area contributed by atoms with E-state index in [0.717, 1.165) is 29.1 Å². The molecule has 1 aliphatic heterocycles. The van der Waals surface area contributed by atoms with Crippen molar-refractivity contribution in [1.29, 1.82) is 0 Å². The van der Waals surface area contributed by atoms with E-state index in [1.807, 2.05) is 0 Å². The molecule has 4 amide bonds. The van der Waals surface area contributed by atoms with E-state index in [1.165, 1.54) is 18.2 Å². The number of thiazole rings is 1. The average molecular weight is 470 g/mol. The van der Waals surface area contributed by atoms with Gasteiger partial charge < -0.3 is 15.4 Å². The highest BCUT2D eigenvalue weighted by Gasteiger charge is 2.52. The lowest BCUT2D eigenvalue weighted by atomic mass is 9.77. The molecule has 1 spiro atoms. The van der Waals surface area contributed by atoms with Crippen LogP contribution in [0, 0.1) is 5.92 Å². The molecule has 2 N–H and O–H groups in total. The molecular weight excluding hydrogens is 449 g/mol. The van der Waals surface area contributed by atoms with Crippen molar-refractivity contribution in [1.82, 2.24) is 15.2 Å². The van der Waals surface area contributed by atoms with Crippen LogP contribution in [0.1, 0.15) is 32.6 Å². The van der Waals surface area contributed by atoms with Gasteiger partial charge in [0.1, 0.15) is 17.8 Å². The van der Waals surface area contributed by atoms with Gasteiger partial charge >= 0.3 is 12.2 Å². The van der Waals surface area contributed by atoms with E-state index in [0.29, 0.717) is 29.0 Å². The SMILES string of the molecule is CC1CCC2(CC1)NC(=O)N(CC(=O)Nc1nc3ccc(OCC(F)(F)F)cc3s1)C2=O. The number of nitrogens with one attached hydrogen (secondary N) is 2. The standard InChI is InChI=1S/C20H21F3N4O4S/c1-11-4-6-19(7-5-11)16(29)27(18(30)26-19)9-15(28)25-17-24-13-3-2-12(8-14(13)32-17)31-10-20(21,22)23/h2-3,8,11H,4-7,9-10H2,1H3,(H,26,30)(H,24,25,28). The number of halogens is 3.